The molecule has 2 aromatic rings. The van der Waals surface area contributed by atoms with E-state index in [1.54, 1.807) is 59.9 Å². The Morgan fingerprint density at radius 3 is 2.58 bits per heavy atom. The second kappa shape index (κ2) is 6.95. The summed E-state index contributed by atoms with van der Waals surface area (Å²) < 4.78 is 60.2. The zero-order chi connectivity index (χ0) is 19.6. The van der Waals surface area contributed by atoms with Crippen molar-refractivity contribution >= 4 is 0 Å². The summed E-state index contributed by atoms with van der Waals surface area (Å²) in [6.07, 6.45) is -4.05. The number of benzene rings is 2. The van der Waals surface area contributed by atoms with Gasteiger partial charge in [0.25, 0.3) is 0 Å². The Labute approximate surface area is 125 Å². The molecule has 0 saturated carbocycles. The van der Waals surface area contributed by atoms with E-state index in [-0.39, 0.29) is 0 Å². The van der Waals surface area contributed by atoms with E-state index in [2.05, 4.69) is 0 Å². The third-order valence-electron chi connectivity index (χ3n) is 2.64. The van der Waals surface area contributed by atoms with Gasteiger partial charge in [0.15, 0.2) is 0 Å². The quantitative estimate of drug-likeness (QED) is 0.856. The molecule has 2 aromatic carbocycles. The van der Waals surface area contributed by atoms with Gasteiger partial charge in [-0.05, 0) is 38.1 Å². The lowest BCUT2D eigenvalue weighted by atomic mass is 10.1. The first-order valence-electron chi connectivity index (χ1n) is 9.50. The highest BCUT2D eigenvalue weighted by molar-refractivity contribution is 5.28. The molecule has 0 aliphatic rings. The minimum Gasteiger partial charge on any atom is -0.486 e. The van der Waals surface area contributed by atoms with Crippen LogP contribution in [0, 0.1) is 6.92 Å². The Morgan fingerprint density at radius 2 is 1.89 bits per heavy atom. The fourth-order valence-electron chi connectivity index (χ4n) is 1.66. The van der Waals surface area contributed by atoms with Crippen LogP contribution in [0.2, 0.25) is 0 Å². The van der Waals surface area contributed by atoms with Gasteiger partial charge in [-0.3, -0.25) is 0 Å². The molecular formula is C17H21NO. The summed E-state index contributed by atoms with van der Waals surface area (Å²) in [5.41, 5.74) is 1.39. The van der Waals surface area contributed by atoms with Gasteiger partial charge >= 0.3 is 0 Å². The lowest BCUT2D eigenvalue weighted by Crippen LogP contribution is -2.16. The van der Waals surface area contributed by atoms with Crippen molar-refractivity contribution in [2.24, 2.45) is 0 Å². The second-order valence-corrected chi connectivity index (χ2v) is 4.12. The molecule has 0 spiro atoms. The van der Waals surface area contributed by atoms with Crippen molar-refractivity contribution in [3.8, 4) is 5.75 Å². The Balaban J connectivity index is 2.43. The van der Waals surface area contributed by atoms with Crippen LogP contribution in [-0.2, 0) is 0 Å². The highest BCUT2D eigenvalue weighted by Gasteiger charge is 2.12. The fourth-order valence-corrected chi connectivity index (χ4v) is 1.66. The van der Waals surface area contributed by atoms with Crippen molar-refractivity contribution in [2.45, 2.75) is 19.4 Å². The highest BCUT2D eigenvalue weighted by Crippen LogP contribution is 2.24. The number of aryl methyl sites for hydroxylation is 1. The maximum absolute atomic E-state index is 8.35. The van der Waals surface area contributed by atoms with Crippen LogP contribution in [0.15, 0.2) is 54.6 Å². The van der Waals surface area contributed by atoms with E-state index in [1.165, 1.54) is 0 Å². The monoisotopic (exact) mass is 262 g/mol. The van der Waals surface area contributed by atoms with E-state index in [0.717, 1.165) is 5.56 Å². The number of hydrogen-bond acceptors (Lipinski definition) is 2. The van der Waals surface area contributed by atoms with Crippen LogP contribution < -0.4 is 10.1 Å². The van der Waals surface area contributed by atoms with Crippen LogP contribution in [-0.4, -0.2) is 13.5 Å². The predicted octanol–water partition coefficient (Wildman–Crippen LogP) is 3.72. The van der Waals surface area contributed by atoms with Crippen LogP contribution in [0.3, 0.4) is 0 Å². The number of rotatable bonds is 6. The Hall–Kier alpha value is -1.80. The van der Waals surface area contributed by atoms with Gasteiger partial charge in [0.05, 0.1) is 0 Å². The van der Waals surface area contributed by atoms with Gasteiger partial charge < -0.3 is 10.1 Å². The largest absolute Gasteiger partial charge is 0.486 e. The molecule has 1 N–H and O–H groups in total. The molecule has 100 valence electrons. The van der Waals surface area contributed by atoms with Gasteiger partial charge in [-0.2, -0.15) is 0 Å². The summed E-state index contributed by atoms with van der Waals surface area (Å²) in [5, 5.41) is 1.76. The smallest absolute Gasteiger partial charge is 0.125 e. The molecule has 0 bridgehead atoms. The average Bonchev–Trinajstić information content (AvgIpc) is 2.52. The Bertz CT molecular complexity index is 714. The van der Waals surface area contributed by atoms with Gasteiger partial charge in [-0.15, -0.1) is 0 Å². The summed E-state index contributed by atoms with van der Waals surface area (Å²) in [4.78, 5) is 0. The molecule has 0 heterocycles. The molecule has 0 aliphatic carbocycles. The third-order valence-corrected chi connectivity index (χ3v) is 2.64. The molecule has 0 aromatic heterocycles. The maximum Gasteiger partial charge on any atom is 0.125 e. The van der Waals surface area contributed by atoms with Crippen LogP contribution in [0.25, 0.3) is 0 Å². The number of hydrogen-bond donors (Lipinski definition) is 1. The standard InChI is InChI=1S/C17H21NO/c1-14-8-10-16(11-9-14)19-17(12-13-18-2)15-6-4-3-5-7-15/h3-11,17-18H,12-13H2,1-2H3/i2D3,12D2,13D2. The predicted molar refractivity (Wildman–Crippen MR) is 79.5 cm³/mol. The van der Waals surface area contributed by atoms with Gasteiger partial charge in [-0.1, -0.05) is 48.0 Å². The maximum atomic E-state index is 8.35. The summed E-state index contributed by atoms with van der Waals surface area (Å²) >= 11 is 0. The topological polar surface area (TPSA) is 21.3 Å². The molecule has 2 rings (SSSR count). The van der Waals surface area contributed by atoms with Crippen LogP contribution in [0.5, 0.6) is 5.75 Å². The summed E-state index contributed by atoms with van der Waals surface area (Å²) in [7, 11) is 0. The fraction of sp³-hybridized carbons (Fsp3) is 0.294. The zero-order valence-electron chi connectivity index (χ0n) is 17.7. The lowest BCUT2D eigenvalue weighted by molar-refractivity contribution is 0.195. The van der Waals surface area contributed by atoms with Crippen LogP contribution >= 0.6 is 0 Å². The number of nitrogens with one attached hydrogen (secondary N) is 1. The molecule has 1 unspecified atom stereocenters. The van der Waals surface area contributed by atoms with E-state index in [0.29, 0.717) is 11.3 Å². The minimum absolute atomic E-state index is 0.359. The molecule has 2 nitrogen and oxygen atoms in total. The lowest BCUT2D eigenvalue weighted by Gasteiger charge is -2.19. The highest BCUT2D eigenvalue weighted by atomic mass is 16.5. The van der Waals surface area contributed by atoms with E-state index in [9.17, 15) is 0 Å². The molecule has 0 radical (unpaired) electrons. The van der Waals surface area contributed by atoms with Gasteiger partial charge in [0.2, 0.25) is 0 Å². The van der Waals surface area contributed by atoms with Crippen molar-refractivity contribution in [1.82, 2.24) is 5.32 Å². The van der Waals surface area contributed by atoms with Gasteiger partial charge in [0.1, 0.15) is 11.9 Å². The molecule has 0 saturated heterocycles. The van der Waals surface area contributed by atoms with Crippen molar-refractivity contribution in [3.63, 3.8) is 0 Å². The molecule has 0 fully saturated rings. The molecule has 0 aliphatic heterocycles. The van der Waals surface area contributed by atoms with E-state index >= 15 is 0 Å². The minimum atomic E-state index is -2.87. The molecule has 2 heteroatoms. The first kappa shape index (κ1) is 7.11. The SMILES string of the molecule is [2H]C([2H])([2H])NC([2H])([2H])C([2H])([2H])C(Oc1ccc(C)cc1)c1ccccc1. The average molecular weight is 262 g/mol. The molecular weight excluding hydrogens is 234 g/mol. The van der Waals surface area contributed by atoms with E-state index in [1.807, 2.05) is 6.92 Å². The van der Waals surface area contributed by atoms with Crippen molar-refractivity contribution in [1.29, 1.82) is 0 Å². The van der Waals surface area contributed by atoms with Crippen LogP contribution in [0.4, 0.5) is 0 Å². The third kappa shape index (κ3) is 4.11. The van der Waals surface area contributed by atoms with Crippen molar-refractivity contribution in [2.75, 3.05) is 13.5 Å². The van der Waals surface area contributed by atoms with E-state index < -0.39 is 25.9 Å². The van der Waals surface area contributed by atoms with Gasteiger partial charge in [0, 0.05) is 16.0 Å². The van der Waals surface area contributed by atoms with Crippen LogP contribution in [0.1, 0.15) is 33.2 Å². The second-order valence-electron chi connectivity index (χ2n) is 4.12. The Kier molecular flexibility index (Phi) is 2.60. The summed E-state index contributed by atoms with van der Waals surface area (Å²) in [6.45, 7) is -3.82. The summed E-state index contributed by atoms with van der Waals surface area (Å²) in [5.74, 6) is 0.359. The molecule has 0 amide bonds. The normalized spacial score (nSPS) is 19.7. The molecule has 1 atom stereocenters. The zero-order valence-corrected chi connectivity index (χ0v) is 10.7. The van der Waals surface area contributed by atoms with E-state index in [4.69, 9.17) is 14.3 Å². The van der Waals surface area contributed by atoms with Crippen molar-refractivity contribution in [3.05, 3.63) is 65.7 Å². The Morgan fingerprint density at radius 1 is 1.16 bits per heavy atom. The number of ether oxygens (including phenoxy) is 1. The first-order chi connectivity index (χ1) is 11.9. The molecule has 19 heavy (non-hydrogen) atoms. The van der Waals surface area contributed by atoms with Gasteiger partial charge in [-0.25, -0.2) is 0 Å². The summed E-state index contributed by atoms with van der Waals surface area (Å²) in [6, 6.07) is 15.3. The first-order valence-corrected chi connectivity index (χ1v) is 6.00. The van der Waals surface area contributed by atoms with Crippen molar-refractivity contribution < 1.29 is 14.3 Å².